The van der Waals surface area contributed by atoms with Crippen molar-refractivity contribution in [3.63, 3.8) is 0 Å². The molecule has 1 aliphatic heterocycles. The van der Waals surface area contributed by atoms with Crippen molar-refractivity contribution in [2.45, 2.75) is 34.6 Å². The van der Waals surface area contributed by atoms with Crippen molar-refractivity contribution in [3.05, 3.63) is 58.0 Å². The summed E-state index contributed by atoms with van der Waals surface area (Å²) in [4.78, 5) is 19.4. The van der Waals surface area contributed by atoms with Gasteiger partial charge in [0.05, 0.1) is 16.8 Å². The maximum Gasteiger partial charge on any atom is 0.203 e. The van der Waals surface area contributed by atoms with Gasteiger partial charge in [0, 0.05) is 24.5 Å². The van der Waals surface area contributed by atoms with Crippen LogP contribution in [0.3, 0.4) is 0 Å². The summed E-state index contributed by atoms with van der Waals surface area (Å²) in [5, 5.41) is 10.5. The van der Waals surface area contributed by atoms with E-state index in [1.165, 1.54) is 0 Å². The Morgan fingerprint density at radius 3 is 2.00 bits per heavy atom. The molecule has 1 heterocycles. The highest BCUT2D eigenvalue weighted by Gasteiger charge is 2.38. The first-order valence-corrected chi connectivity index (χ1v) is 8.72. The first kappa shape index (κ1) is 17.2. The topological polar surface area (TPSA) is 52.9 Å². The van der Waals surface area contributed by atoms with Gasteiger partial charge < -0.3 is 10.0 Å². The van der Waals surface area contributed by atoms with Crippen molar-refractivity contribution < 1.29 is 9.90 Å². The monoisotopic (exact) mass is 336 g/mol. The number of benzene rings is 1. The maximum atomic E-state index is 12.7. The van der Waals surface area contributed by atoms with Crippen LogP contribution in [0.5, 0.6) is 0 Å². The summed E-state index contributed by atoms with van der Waals surface area (Å²) in [7, 11) is 0. The number of Topliss-reactive ketones (excluding diaryl/α,β-unsaturated/α-hetero) is 1. The quantitative estimate of drug-likeness (QED) is 0.827. The van der Waals surface area contributed by atoms with Crippen molar-refractivity contribution in [1.29, 1.82) is 0 Å². The van der Waals surface area contributed by atoms with E-state index in [-0.39, 0.29) is 11.5 Å². The molecule has 4 nitrogen and oxygen atoms in total. The Labute approximate surface area is 148 Å². The van der Waals surface area contributed by atoms with E-state index in [4.69, 9.17) is 0 Å². The average Bonchev–Trinajstić information content (AvgIpc) is 2.85. The number of aliphatic imine (C=N–C) groups is 1. The molecule has 0 spiro atoms. The molecule has 0 saturated carbocycles. The molecule has 0 bridgehead atoms. The number of anilines is 1. The Morgan fingerprint density at radius 2 is 1.56 bits per heavy atom. The number of nitrogens with zero attached hydrogens (tertiary/aromatic N) is 2. The molecule has 1 aromatic rings. The van der Waals surface area contributed by atoms with Gasteiger partial charge in [-0.05, 0) is 63.5 Å². The summed E-state index contributed by atoms with van der Waals surface area (Å²) >= 11 is 0. The summed E-state index contributed by atoms with van der Waals surface area (Å²) in [5.41, 5.74) is 6.14. The van der Waals surface area contributed by atoms with Gasteiger partial charge in [-0.15, -0.1) is 0 Å². The second-order valence-corrected chi connectivity index (χ2v) is 6.44. The normalized spacial score (nSPS) is 20.2. The zero-order chi connectivity index (χ0) is 18.3. The van der Waals surface area contributed by atoms with Gasteiger partial charge in [0.25, 0.3) is 0 Å². The molecule has 1 aliphatic carbocycles. The molecular weight excluding hydrogens is 312 g/mol. The van der Waals surface area contributed by atoms with Crippen LogP contribution in [-0.4, -0.2) is 29.7 Å². The van der Waals surface area contributed by atoms with Crippen LogP contribution in [0.25, 0.3) is 5.57 Å². The number of aliphatic hydroxyl groups is 1. The number of ketones is 1. The number of hydrogen-bond acceptors (Lipinski definition) is 4. The molecule has 130 valence electrons. The minimum Gasteiger partial charge on any atom is -0.506 e. The zero-order valence-electron chi connectivity index (χ0n) is 15.5. The van der Waals surface area contributed by atoms with Crippen LogP contribution >= 0.6 is 0 Å². The third-order valence-electron chi connectivity index (χ3n) is 5.19. The van der Waals surface area contributed by atoms with Gasteiger partial charge in [-0.2, -0.15) is 0 Å². The molecule has 4 heteroatoms. The Balaban J connectivity index is 1.98. The lowest BCUT2D eigenvalue weighted by atomic mass is 9.81. The Bertz CT molecular complexity index is 864. The van der Waals surface area contributed by atoms with Crippen LogP contribution in [0, 0.1) is 0 Å². The molecule has 0 amide bonds. The second-order valence-electron chi connectivity index (χ2n) is 6.44. The number of hydrogen-bond donors (Lipinski definition) is 1. The first-order chi connectivity index (χ1) is 11.9. The van der Waals surface area contributed by atoms with Gasteiger partial charge in [-0.1, -0.05) is 12.1 Å². The third kappa shape index (κ3) is 2.62. The summed E-state index contributed by atoms with van der Waals surface area (Å²) in [6, 6.07) is 7.79. The van der Waals surface area contributed by atoms with E-state index in [0.29, 0.717) is 16.8 Å². The van der Waals surface area contributed by atoms with Crippen molar-refractivity contribution in [2.24, 2.45) is 4.99 Å². The highest BCUT2D eigenvalue weighted by molar-refractivity contribution is 6.39. The van der Waals surface area contributed by atoms with Gasteiger partial charge >= 0.3 is 0 Å². The third-order valence-corrected chi connectivity index (χ3v) is 5.19. The maximum absolute atomic E-state index is 12.7. The van der Waals surface area contributed by atoms with Crippen LogP contribution in [0.15, 0.2) is 57.4 Å². The lowest BCUT2D eigenvalue weighted by Gasteiger charge is -2.24. The standard InChI is InChI=1S/C21H24N2O2/c1-6-23(7-2)16-10-8-15(9-11-16)17-20(24)18(21(17)25)19-13(4)12(3)14(5)22-19/h8-11,24H,6-7H2,1-5H3/b19-18+. The van der Waals surface area contributed by atoms with E-state index in [9.17, 15) is 9.90 Å². The molecule has 0 fully saturated rings. The molecule has 2 aliphatic rings. The minimum atomic E-state index is -0.131. The summed E-state index contributed by atoms with van der Waals surface area (Å²) < 4.78 is 0. The molecular formula is C21H24N2O2. The van der Waals surface area contributed by atoms with Crippen molar-refractivity contribution >= 4 is 22.8 Å². The Morgan fingerprint density at radius 1 is 0.960 bits per heavy atom. The lowest BCUT2D eigenvalue weighted by Crippen LogP contribution is -2.23. The predicted octanol–water partition coefficient (Wildman–Crippen LogP) is 4.45. The molecule has 25 heavy (non-hydrogen) atoms. The highest BCUT2D eigenvalue weighted by atomic mass is 16.3. The zero-order valence-corrected chi connectivity index (χ0v) is 15.5. The van der Waals surface area contributed by atoms with Gasteiger partial charge in [0.2, 0.25) is 5.78 Å². The van der Waals surface area contributed by atoms with E-state index in [2.05, 4.69) is 23.7 Å². The molecule has 3 rings (SSSR count). The van der Waals surface area contributed by atoms with Crippen molar-refractivity contribution in [1.82, 2.24) is 0 Å². The number of aliphatic hydroxyl groups excluding tert-OH is 1. The van der Waals surface area contributed by atoms with Gasteiger partial charge in [0.1, 0.15) is 5.76 Å². The Hall–Kier alpha value is -2.62. The first-order valence-electron chi connectivity index (χ1n) is 8.72. The summed E-state index contributed by atoms with van der Waals surface area (Å²) in [5.74, 6) is -0.0742. The van der Waals surface area contributed by atoms with E-state index in [0.717, 1.165) is 41.2 Å². The fourth-order valence-electron chi connectivity index (χ4n) is 3.35. The molecule has 0 radical (unpaired) electrons. The van der Waals surface area contributed by atoms with Crippen LogP contribution in [0.4, 0.5) is 5.69 Å². The predicted molar refractivity (Wildman–Crippen MR) is 103 cm³/mol. The lowest BCUT2D eigenvalue weighted by molar-refractivity contribution is -0.111. The number of carbonyl (C=O) groups excluding carboxylic acids is 1. The Kier molecular flexibility index (Phi) is 4.38. The second kappa shape index (κ2) is 6.36. The van der Waals surface area contributed by atoms with E-state index >= 15 is 0 Å². The fourth-order valence-corrected chi connectivity index (χ4v) is 3.35. The van der Waals surface area contributed by atoms with E-state index < -0.39 is 0 Å². The van der Waals surface area contributed by atoms with Crippen LogP contribution < -0.4 is 4.90 Å². The smallest absolute Gasteiger partial charge is 0.203 e. The molecule has 0 saturated heterocycles. The SMILES string of the molecule is CCN(CC)c1ccc(C2=C(O)/C(=C3\N=C(C)C(C)=C3C)C2=O)cc1. The largest absolute Gasteiger partial charge is 0.506 e. The van der Waals surface area contributed by atoms with Crippen LogP contribution in [0.1, 0.15) is 40.2 Å². The molecule has 0 aromatic heterocycles. The van der Waals surface area contributed by atoms with Crippen LogP contribution in [-0.2, 0) is 4.79 Å². The number of rotatable bonds is 4. The van der Waals surface area contributed by atoms with Gasteiger partial charge in [-0.3, -0.25) is 9.79 Å². The minimum absolute atomic E-state index is 0.0567. The fraction of sp³-hybridized carbons (Fsp3) is 0.333. The van der Waals surface area contributed by atoms with Crippen molar-refractivity contribution in [3.8, 4) is 0 Å². The van der Waals surface area contributed by atoms with E-state index in [1.807, 2.05) is 45.0 Å². The highest BCUT2D eigenvalue weighted by Crippen LogP contribution is 2.42. The number of allylic oxidation sites excluding steroid dienone is 4. The van der Waals surface area contributed by atoms with E-state index in [1.54, 1.807) is 0 Å². The average molecular weight is 336 g/mol. The number of carbonyl (C=O) groups is 1. The summed E-state index contributed by atoms with van der Waals surface area (Å²) in [6.07, 6.45) is 0. The summed E-state index contributed by atoms with van der Waals surface area (Å²) in [6.45, 7) is 11.9. The van der Waals surface area contributed by atoms with Crippen LogP contribution in [0.2, 0.25) is 0 Å². The molecule has 0 unspecified atom stereocenters. The van der Waals surface area contributed by atoms with Gasteiger partial charge in [0.15, 0.2) is 0 Å². The van der Waals surface area contributed by atoms with Gasteiger partial charge in [-0.25, -0.2) is 0 Å². The molecule has 1 aromatic carbocycles. The van der Waals surface area contributed by atoms with Crippen molar-refractivity contribution in [2.75, 3.05) is 18.0 Å². The molecule has 1 N–H and O–H groups in total. The molecule has 0 atom stereocenters.